The zero-order valence-electron chi connectivity index (χ0n) is 20.3. The van der Waals surface area contributed by atoms with Crippen LogP contribution in [0.25, 0.3) is 11.3 Å². The molecule has 0 aliphatic heterocycles. The van der Waals surface area contributed by atoms with Crippen LogP contribution < -0.4 is 10.1 Å². The van der Waals surface area contributed by atoms with Crippen LogP contribution in [0.4, 0.5) is 22.0 Å². The molecule has 0 bridgehead atoms. The largest absolute Gasteiger partial charge is 0.434 e. The van der Waals surface area contributed by atoms with E-state index in [9.17, 15) is 26.7 Å². The lowest BCUT2D eigenvalue weighted by Crippen LogP contribution is -2.31. The topological polar surface area (TPSA) is 69.0 Å². The predicted octanol–water partition coefficient (Wildman–Crippen LogP) is 6.52. The Morgan fingerprint density at radius 1 is 1.28 bits per heavy atom. The third-order valence-corrected chi connectivity index (χ3v) is 6.92. The van der Waals surface area contributed by atoms with Crippen molar-refractivity contribution in [3.05, 3.63) is 28.7 Å². The lowest BCUT2D eigenvalue weighted by Gasteiger charge is -2.26. The average Bonchev–Trinajstić information content (AvgIpc) is 3.14. The second kappa shape index (κ2) is 11.7. The number of hydrogen-bond acceptors (Lipinski definition) is 4. The van der Waals surface area contributed by atoms with Crippen LogP contribution in [-0.2, 0) is 13.0 Å². The van der Waals surface area contributed by atoms with Crippen molar-refractivity contribution in [3.63, 3.8) is 0 Å². The maximum atomic E-state index is 13.2. The number of nitrogens with zero attached hydrogens (tertiary/aromatic N) is 3. The Hall–Kier alpha value is -2.43. The number of amides is 1. The summed E-state index contributed by atoms with van der Waals surface area (Å²) in [6.07, 6.45) is 0.383. The molecule has 0 aromatic carbocycles. The van der Waals surface area contributed by atoms with E-state index in [1.165, 1.54) is 4.68 Å². The molecule has 2 aromatic heterocycles. The Balaban J connectivity index is 1.89. The van der Waals surface area contributed by atoms with Crippen LogP contribution in [0, 0.1) is 17.8 Å². The second-order valence-electron chi connectivity index (χ2n) is 9.36. The van der Waals surface area contributed by atoms with Crippen LogP contribution in [0.3, 0.4) is 0 Å². The van der Waals surface area contributed by atoms with Crippen molar-refractivity contribution in [2.24, 2.45) is 17.8 Å². The molecule has 1 saturated carbocycles. The highest BCUT2D eigenvalue weighted by molar-refractivity contribution is 6.36. The Labute approximate surface area is 211 Å². The first-order valence-corrected chi connectivity index (χ1v) is 12.3. The Bertz CT molecular complexity index is 1050. The molecule has 36 heavy (non-hydrogen) atoms. The molecule has 3 rings (SSSR count). The molecule has 1 amide bonds. The number of aromatic nitrogens is 3. The van der Waals surface area contributed by atoms with E-state index in [-0.39, 0.29) is 34.2 Å². The first-order chi connectivity index (χ1) is 16.9. The summed E-state index contributed by atoms with van der Waals surface area (Å²) in [6, 6.07) is 1.04. The van der Waals surface area contributed by atoms with Crippen LogP contribution in [0.5, 0.6) is 5.75 Å². The lowest BCUT2D eigenvalue weighted by atomic mass is 9.83. The fraction of sp³-hybridized carbons (Fsp3) is 0.625. The average molecular weight is 537 g/mol. The second-order valence-corrected chi connectivity index (χ2v) is 9.74. The van der Waals surface area contributed by atoms with Crippen molar-refractivity contribution < 1.29 is 31.5 Å². The van der Waals surface area contributed by atoms with E-state index < -0.39 is 36.8 Å². The molecule has 0 unspecified atom stereocenters. The quantitative estimate of drug-likeness (QED) is 0.371. The lowest BCUT2D eigenvalue weighted by molar-refractivity contribution is -0.169. The van der Waals surface area contributed by atoms with Gasteiger partial charge in [-0.25, -0.2) is 0 Å². The fourth-order valence-electron chi connectivity index (χ4n) is 4.32. The number of carbonyl (C=O) groups is 1. The summed E-state index contributed by atoms with van der Waals surface area (Å²) in [7, 11) is 0. The normalized spacial score (nSPS) is 19.4. The SMILES string of the molecule is CCn1nc(C(=O)NCC2CCC(C)CC2)c(Cl)c1-c1cnc(C[C@H](C)C(F)(F)F)cc1OC(F)F. The number of ether oxygens (including phenoxy) is 1. The summed E-state index contributed by atoms with van der Waals surface area (Å²) in [4.78, 5) is 16.9. The van der Waals surface area contributed by atoms with E-state index in [1.807, 2.05) is 0 Å². The molecular weight excluding hydrogens is 507 g/mol. The minimum absolute atomic E-state index is 0.00150. The van der Waals surface area contributed by atoms with Crippen molar-refractivity contribution in [1.82, 2.24) is 20.1 Å². The van der Waals surface area contributed by atoms with E-state index in [4.69, 9.17) is 11.6 Å². The van der Waals surface area contributed by atoms with Gasteiger partial charge < -0.3 is 10.1 Å². The molecule has 0 spiro atoms. The van der Waals surface area contributed by atoms with Gasteiger partial charge in [-0.3, -0.25) is 14.5 Å². The summed E-state index contributed by atoms with van der Waals surface area (Å²) in [5.74, 6) is -1.59. The van der Waals surface area contributed by atoms with Gasteiger partial charge in [0.15, 0.2) is 5.69 Å². The van der Waals surface area contributed by atoms with Crippen LogP contribution in [0.1, 0.15) is 62.6 Å². The molecule has 0 radical (unpaired) electrons. The van der Waals surface area contributed by atoms with Gasteiger partial charge in [-0.15, -0.1) is 0 Å². The highest BCUT2D eigenvalue weighted by Gasteiger charge is 2.36. The number of carbonyl (C=O) groups excluding carboxylic acids is 1. The molecule has 1 atom stereocenters. The molecule has 200 valence electrons. The van der Waals surface area contributed by atoms with Crippen LogP contribution in [0.15, 0.2) is 12.3 Å². The molecular formula is C24H30ClF5N4O2. The maximum absolute atomic E-state index is 13.2. The number of hydrogen-bond donors (Lipinski definition) is 1. The van der Waals surface area contributed by atoms with Gasteiger partial charge in [-0.2, -0.15) is 27.1 Å². The maximum Gasteiger partial charge on any atom is 0.391 e. The molecule has 1 N–H and O–H groups in total. The molecule has 6 nitrogen and oxygen atoms in total. The van der Waals surface area contributed by atoms with Crippen molar-refractivity contribution in [3.8, 4) is 17.0 Å². The zero-order valence-corrected chi connectivity index (χ0v) is 21.1. The van der Waals surface area contributed by atoms with Gasteiger partial charge in [0.25, 0.3) is 5.91 Å². The number of halogens is 6. The smallest absolute Gasteiger partial charge is 0.391 e. The first kappa shape index (κ1) is 28.1. The standard InChI is InChI=1S/C24H30ClF5N4O2/c1-4-34-21(19(25)20(33-34)22(35)32-11-15-7-5-13(2)6-8-15)17-12-31-16(9-14(3)24(28,29)30)10-18(17)36-23(26)27/h10,12-15,23H,4-9,11H2,1-3H3,(H,32,35)/t13?,14-,15?/m0/s1. The summed E-state index contributed by atoms with van der Waals surface area (Å²) in [5.41, 5.74) is -0.0269. The van der Waals surface area contributed by atoms with Crippen molar-refractivity contribution in [2.45, 2.75) is 72.2 Å². The van der Waals surface area contributed by atoms with E-state index >= 15 is 0 Å². The molecule has 12 heteroatoms. The van der Waals surface area contributed by atoms with E-state index in [1.54, 1.807) is 6.92 Å². The summed E-state index contributed by atoms with van der Waals surface area (Å²) in [5, 5.41) is 7.04. The highest BCUT2D eigenvalue weighted by atomic mass is 35.5. The number of aryl methyl sites for hydroxylation is 1. The number of alkyl halides is 5. The third kappa shape index (κ3) is 6.86. The molecule has 1 aliphatic carbocycles. The van der Waals surface area contributed by atoms with E-state index in [0.717, 1.165) is 44.9 Å². The number of pyridine rings is 1. The van der Waals surface area contributed by atoms with Crippen molar-refractivity contribution in [2.75, 3.05) is 6.54 Å². The minimum atomic E-state index is -4.47. The molecule has 1 aliphatic rings. The minimum Gasteiger partial charge on any atom is -0.434 e. The summed E-state index contributed by atoms with van der Waals surface area (Å²) < 4.78 is 71.2. The number of nitrogens with one attached hydrogen (secondary N) is 1. The van der Waals surface area contributed by atoms with Crippen LogP contribution in [-0.4, -0.2) is 40.0 Å². The van der Waals surface area contributed by atoms with Gasteiger partial charge in [0.1, 0.15) is 5.75 Å². The first-order valence-electron chi connectivity index (χ1n) is 12.0. The Kier molecular flexibility index (Phi) is 9.18. The third-order valence-electron chi connectivity index (χ3n) is 6.56. The van der Waals surface area contributed by atoms with E-state index in [2.05, 4.69) is 27.1 Å². The van der Waals surface area contributed by atoms with Gasteiger partial charge in [0.05, 0.1) is 22.2 Å². The summed E-state index contributed by atoms with van der Waals surface area (Å²) in [6.45, 7) is 2.38. The van der Waals surface area contributed by atoms with Gasteiger partial charge in [-0.1, -0.05) is 38.3 Å². The fourth-order valence-corrected chi connectivity index (χ4v) is 4.64. The highest BCUT2D eigenvalue weighted by Crippen LogP contribution is 2.38. The number of rotatable bonds is 9. The van der Waals surface area contributed by atoms with Gasteiger partial charge in [-0.05, 0) is 31.6 Å². The molecule has 2 aromatic rings. The van der Waals surface area contributed by atoms with Gasteiger partial charge in [0.2, 0.25) is 0 Å². The Morgan fingerprint density at radius 3 is 2.53 bits per heavy atom. The Morgan fingerprint density at radius 2 is 1.94 bits per heavy atom. The van der Waals surface area contributed by atoms with E-state index in [0.29, 0.717) is 18.4 Å². The monoisotopic (exact) mass is 536 g/mol. The van der Waals surface area contributed by atoms with Crippen molar-refractivity contribution in [1.29, 1.82) is 0 Å². The summed E-state index contributed by atoms with van der Waals surface area (Å²) >= 11 is 6.51. The van der Waals surface area contributed by atoms with Gasteiger partial charge in [0, 0.05) is 37.5 Å². The van der Waals surface area contributed by atoms with Crippen molar-refractivity contribution >= 4 is 17.5 Å². The molecule has 0 saturated heterocycles. The molecule has 2 heterocycles. The van der Waals surface area contributed by atoms with Gasteiger partial charge >= 0.3 is 12.8 Å². The van der Waals surface area contributed by atoms with Crippen LogP contribution >= 0.6 is 11.6 Å². The zero-order chi connectivity index (χ0) is 26.6. The molecule has 1 fully saturated rings. The van der Waals surface area contributed by atoms with Crippen LogP contribution in [0.2, 0.25) is 5.02 Å². The predicted molar refractivity (Wildman–Crippen MR) is 125 cm³/mol.